The number of carbonyl (C=O) groups is 1. The number of ether oxygens (including phenoxy) is 1. The normalized spacial score (nSPS) is 15.9. The van der Waals surface area contributed by atoms with Gasteiger partial charge in [-0.3, -0.25) is 9.80 Å². The largest absolute Gasteiger partial charge is 0.444 e. The Morgan fingerprint density at radius 1 is 0.617 bits per heavy atom. The van der Waals surface area contributed by atoms with E-state index in [1.165, 1.54) is 44.5 Å². The molecule has 2 aliphatic heterocycles. The van der Waals surface area contributed by atoms with Gasteiger partial charge in [-0.05, 0) is 79.1 Å². The zero-order valence-electron chi connectivity index (χ0n) is 29.0. The molecular formula is C41H52N4O2. The number of carbonyl (C=O) groups excluding carboxylic acids is 1. The lowest BCUT2D eigenvalue weighted by Crippen LogP contribution is -2.49. The average Bonchev–Trinajstić information content (AvgIpc) is 3.08. The molecule has 1 N–H and O–H groups in total. The maximum atomic E-state index is 12.2. The van der Waals surface area contributed by atoms with Crippen LogP contribution in [0.25, 0.3) is 22.3 Å². The van der Waals surface area contributed by atoms with Crippen molar-refractivity contribution < 1.29 is 9.53 Å². The highest BCUT2D eigenvalue weighted by Crippen LogP contribution is 2.24. The van der Waals surface area contributed by atoms with Gasteiger partial charge in [0.05, 0.1) is 0 Å². The fourth-order valence-corrected chi connectivity index (χ4v) is 6.13. The van der Waals surface area contributed by atoms with E-state index in [1.54, 1.807) is 0 Å². The van der Waals surface area contributed by atoms with Crippen LogP contribution < -0.4 is 5.32 Å². The van der Waals surface area contributed by atoms with Crippen molar-refractivity contribution in [1.82, 2.24) is 20.0 Å². The van der Waals surface area contributed by atoms with E-state index < -0.39 is 5.60 Å². The average molecular weight is 633 g/mol. The van der Waals surface area contributed by atoms with Crippen LogP contribution in [-0.2, 0) is 17.8 Å². The minimum Gasteiger partial charge on any atom is -0.444 e. The number of hydrogen-bond donors (Lipinski definition) is 1. The SMILES string of the molecule is Cc1cc(-c2ccccc2)ccc1CN1CCN(C(=O)OC(C)(C)C)CC1.Cc1cc(-c2ccccc2)ccc1CN1CCNCC1. The zero-order valence-corrected chi connectivity index (χ0v) is 29.0. The summed E-state index contributed by atoms with van der Waals surface area (Å²) < 4.78 is 5.47. The fraction of sp³-hybridized carbons (Fsp3) is 0.390. The Bertz CT molecular complexity index is 1570. The monoisotopic (exact) mass is 632 g/mol. The van der Waals surface area contributed by atoms with Gasteiger partial charge in [-0.1, -0.05) is 97.1 Å². The molecule has 0 saturated carbocycles. The van der Waals surface area contributed by atoms with Crippen LogP contribution in [-0.4, -0.2) is 78.8 Å². The highest BCUT2D eigenvalue weighted by atomic mass is 16.6. The molecule has 248 valence electrons. The Kier molecular flexibility index (Phi) is 11.9. The Balaban J connectivity index is 0.000000193. The Labute approximate surface area is 282 Å². The van der Waals surface area contributed by atoms with Gasteiger partial charge in [0.15, 0.2) is 0 Å². The van der Waals surface area contributed by atoms with Gasteiger partial charge in [0.2, 0.25) is 0 Å². The molecule has 0 unspecified atom stereocenters. The van der Waals surface area contributed by atoms with Crippen LogP contribution in [0.1, 0.15) is 43.0 Å². The molecule has 2 aliphatic rings. The van der Waals surface area contributed by atoms with Crippen LogP contribution in [0, 0.1) is 13.8 Å². The van der Waals surface area contributed by atoms with Crippen molar-refractivity contribution in [3.63, 3.8) is 0 Å². The number of amides is 1. The summed E-state index contributed by atoms with van der Waals surface area (Å²) in [6, 6.07) is 34.6. The van der Waals surface area contributed by atoms with Crippen molar-refractivity contribution in [3.8, 4) is 22.3 Å². The quantitative estimate of drug-likeness (QED) is 0.235. The molecule has 1 amide bonds. The summed E-state index contributed by atoms with van der Waals surface area (Å²) in [6.45, 7) is 19.8. The van der Waals surface area contributed by atoms with E-state index in [1.807, 2.05) is 31.7 Å². The second kappa shape index (κ2) is 16.2. The molecule has 6 heteroatoms. The molecule has 2 fully saturated rings. The van der Waals surface area contributed by atoms with Crippen molar-refractivity contribution in [3.05, 3.63) is 119 Å². The van der Waals surface area contributed by atoms with Crippen LogP contribution in [0.4, 0.5) is 4.79 Å². The molecule has 47 heavy (non-hydrogen) atoms. The first-order chi connectivity index (χ1) is 22.6. The lowest BCUT2D eigenvalue weighted by atomic mass is 9.99. The number of hydrogen-bond acceptors (Lipinski definition) is 5. The van der Waals surface area contributed by atoms with E-state index in [9.17, 15) is 4.79 Å². The van der Waals surface area contributed by atoms with Crippen LogP contribution in [0.3, 0.4) is 0 Å². The van der Waals surface area contributed by atoms with Gasteiger partial charge in [-0.25, -0.2) is 4.79 Å². The van der Waals surface area contributed by atoms with Gasteiger partial charge in [-0.2, -0.15) is 0 Å². The molecule has 4 aromatic carbocycles. The minimum atomic E-state index is -0.439. The standard InChI is InChI=1S/C23H30N2O2.C18H22N2/c1-18-16-20(19-8-6-5-7-9-19)10-11-21(18)17-24-12-14-25(15-13-24)22(26)27-23(2,3)4;1-15-13-17(16-5-3-2-4-6-16)7-8-18(15)14-20-11-9-19-10-12-20/h5-11,16H,12-15,17H2,1-4H3;2-8,13,19H,9-12,14H2,1H3. The zero-order chi connectivity index (χ0) is 33.2. The summed E-state index contributed by atoms with van der Waals surface area (Å²) >= 11 is 0. The maximum absolute atomic E-state index is 12.2. The number of piperazine rings is 2. The van der Waals surface area contributed by atoms with Crippen molar-refractivity contribution in [2.24, 2.45) is 0 Å². The van der Waals surface area contributed by atoms with Gasteiger partial charge in [-0.15, -0.1) is 0 Å². The van der Waals surface area contributed by atoms with E-state index in [-0.39, 0.29) is 6.09 Å². The van der Waals surface area contributed by atoms with E-state index in [4.69, 9.17) is 4.74 Å². The lowest BCUT2D eigenvalue weighted by Gasteiger charge is -2.35. The molecule has 0 radical (unpaired) electrons. The van der Waals surface area contributed by atoms with Gasteiger partial charge in [0, 0.05) is 65.4 Å². The number of benzene rings is 4. The summed E-state index contributed by atoms with van der Waals surface area (Å²) in [7, 11) is 0. The fourth-order valence-electron chi connectivity index (χ4n) is 6.13. The molecule has 0 spiro atoms. The van der Waals surface area contributed by atoms with Gasteiger partial charge < -0.3 is 15.0 Å². The Morgan fingerprint density at radius 2 is 1.06 bits per heavy atom. The Morgan fingerprint density at radius 3 is 1.49 bits per heavy atom. The lowest BCUT2D eigenvalue weighted by molar-refractivity contribution is 0.0139. The number of aryl methyl sites for hydroxylation is 2. The molecular weight excluding hydrogens is 580 g/mol. The van der Waals surface area contributed by atoms with Crippen molar-refractivity contribution >= 4 is 6.09 Å². The summed E-state index contributed by atoms with van der Waals surface area (Å²) in [5.74, 6) is 0. The van der Waals surface area contributed by atoms with Crippen molar-refractivity contribution in [2.75, 3.05) is 52.4 Å². The van der Waals surface area contributed by atoms with Gasteiger partial charge >= 0.3 is 6.09 Å². The molecule has 0 aliphatic carbocycles. The highest BCUT2D eigenvalue weighted by Gasteiger charge is 2.26. The second-order valence-corrected chi connectivity index (χ2v) is 13.8. The smallest absolute Gasteiger partial charge is 0.410 e. The number of nitrogens with one attached hydrogen (secondary N) is 1. The summed E-state index contributed by atoms with van der Waals surface area (Å²) in [5.41, 5.74) is 10.2. The first-order valence-electron chi connectivity index (χ1n) is 17.1. The first-order valence-corrected chi connectivity index (χ1v) is 17.1. The van der Waals surface area contributed by atoms with Crippen molar-refractivity contribution in [1.29, 1.82) is 0 Å². The minimum absolute atomic E-state index is 0.203. The number of nitrogens with zero attached hydrogens (tertiary/aromatic N) is 3. The third kappa shape index (κ3) is 10.3. The van der Waals surface area contributed by atoms with Gasteiger partial charge in [0.1, 0.15) is 5.60 Å². The van der Waals surface area contributed by atoms with Gasteiger partial charge in [0.25, 0.3) is 0 Å². The van der Waals surface area contributed by atoms with Crippen LogP contribution in [0.5, 0.6) is 0 Å². The molecule has 2 saturated heterocycles. The molecule has 0 aromatic heterocycles. The van der Waals surface area contributed by atoms with E-state index in [0.29, 0.717) is 0 Å². The predicted octanol–water partition coefficient (Wildman–Crippen LogP) is 7.78. The second-order valence-electron chi connectivity index (χ2n) is 13.8. The van der Waals surface area contributed by atoms with Crippen LogP contribution in [0.2, 0.25) is 0 Å². The topological polar surface area (TPSA) is 48.1 Å². The van der Waals surface area contributed by atoms with Crippen molar-refractivity contribution in [2.45, 2.75) is 53.3 Å². The first kappa shape index (κ1) is 34.4. The molecule has 6 rings (SSSR count). The highest BCUT2D eigenvalue weighted by molar-refractivity contribution is 5.68. The molecule has 4 aromatic rings. The summed E-state index contributed by atoms with van der Waals surface area (Å²) in [6.07, 6.45) is -0.203. The molecule has 2 heterocycles. The van der Waals surface area contributed by atoms with E-state index in [0.717, 1.165) is 65.4 Å². The summed E-state index contributed by atoms with van der Waals surface area (Å²) in [5, 5.41) is 3.40. The molecule has 0 atom stereocenters. The van der Waals surface area contributed by atoms with E-state index >= 15 is 0 Å². The Hall–Kier alpha value is -3.97. The third-order valence-corrected chi connectivity index (χ3v) is 8.92. The third-order valence-electron chi connectivity index (χ3n) is 8.92. The summed E-state index contributed by atoms with van der Waals surface area (Å²) in [4.78, 5) is 18.9. The number of rotatable bonds is 6. The molecule has 6 nitrogen and oxygen atoms in total. The maximum Gasteiger partial charge on any atom is 0.410 e. The van der Waals surface area contributed by atoms with Crippen LogP contribution >= 0.6 is 0 Å². The van der Waals surface area contributed by atoms with E-state index in [2.05, 4.69) is 120 Å². The molecule has 0 bridgehead atoms. The predicted molar refractivity (Wildman–Crippen MR) is 194 cm³/mol. The van der Waals surface area contributed by atoms with Crippen LogP contribution in [0.15, 0.2) is 97.1 Å².